The number of carbonyl (C=O) groups excluding carboxylic acids is 1. The highest BCUT2D eigenvalue weighted by Crippen LogP contribution is 2.35. The van der Waals surface area contributed by atoms with Crippen molar-refractivity contribution in [1.29, 1.82) is 0 Å². The standard InChI is InChI=1S/C16H24N2O/c1-5-18(11(2)3)16(19)14-10-12(4)17-15-9-7-6-8-13(14)15/h6-9,11-12,14,17H,5,10H2,1-4H3. The average Bonchev–Trinajstić information content (AvgIpc) is 2.37. The highest BCUT2D eigenvalue weighted by atomic mass is 16.2. The van der Waals surface area contributed by atoms with Crippen molar-refractivity contribution in [3.8, 4) is 0 Å². The highest BCUT2D eigenvalue weighted by molar-refractivity contribution is 5.86. The number of carbonyl (C=O) groups is 1. The van der Waals surface area contributed by atoms with Crippen LogP contribution in [-0.2, 0) is 4.79 Å². The van der Waals surface area contributed by atoms with Crippen LogP contribution in [0.25, 0.3) is 0 Å². The molecule has 0 saturated carbocycles. The molecule has 0 bridgehead atoms. The van der Waals surface area contributed by atoms with Gasteiger partial charge in [-0.25, -0.2) is 0 Å². The van der Waals surface area contributed by atoms with E-state index in [1.54, 1.807) is 0 Å². The van der Waals surface area contributed by atoms with E-state index in [1.165, 1.54) is 0 Å². The first-order valence-corrected chi connectivity index (χ1v) is 7.20. The monoisotopic (exact) mass is 260 g/mol. The van der Waals surface area contributed by atoms with Gasteiger partial charge in [-0.05, 0) is 45.7 Å². The molecule has 1 amide bonds. The Morgan fingerprint density at radius 1 is 1.42 bits per heavy atom. The number of hydrogen-bond donors (Lipinski definition) is 1. The second-order valence-corrected chi connectivity index (χ2v) is 5.64. The third-order valence-electron chi connectivity index (χ3n) is 3.87. The minimum atomic E-state index is -0.00481. The maximum atomic E-state index is 12.8. The lowest BCUT2D eigenvalue weighted by atomic mass is 9.86. The van der Waals surface area contributed by atoms with Gasteiger partial charge in [0.2, 0.25) is 5.91 Å². The number of likely N-dealkylation sites (N-methyl/N-ethyl adjacent to an activating group) is 1. The van der Waals surface area contributed by atoms with Gasteiger partial charge in [-0.1, -0.05) is 18.2 Å². The van der Waals surface area contributed by atoms with E-state index in [4.69, 9.17) is 0 Å². The van der Waals surface area contributed by atoms with Crippen molar-refractivity contribution in [2.24, 2.45) is 0 Å². The number of benzene rings is 1. The predicted octanol–water partition coefficient (Wildman–Crippen LogP) is 3.23. The van der Waals surface area contributed by atoms with E-state index in [1.807, 2.05) is 24.0 Å². The van der Waals surface area contributed by atoms with Crippen molar-refractivity contribution in [3.05, 3.63) is 29.8 Å². The SMILES string of the molecule is CCN(C(=O)C1CC(C)Nc2ccccc21)C(C)C. The summed E-state index contributed by atoms with van der Waals surface area (Å²) in [7, 11) is 0. The van der Waals surface area contributed by atoms with E-state index in [9.17, 15) is 4.79 Å². The molecule has 2 rings (SSSR count). The summed E-state index contributed by atoms with van der Waals surface area (Å²) in [5.41, 5.74) is 2.25. The molecule has 0 aromatic heterocycles. The quantitative estimate of drug-likeness (QED) is 0.905. The van der Waals surface area contributed by atoms with Crippen LogP contribution in [-0.4, -0.2) is 29.4 Å². The molecular weight excluding hydrogens is 236 g/mol. The Hall–Kier alpha value is -1.51. The van der Waals surface area contributed by atoms with Crippen molar-refractivity contribution in [2.75, 3.05) is 11.9 Å². The minimum absolute atomic E-state index is 0.00481. The number of rotatable bonds is 3. The Balaban J connectivity index is 2.32. The molecule has 1 aliphatic heterocycles. The van der Waals surface area contributed by atoms with Gasteiger partial charge in [0.15, 0.2) is 0 Å². The van der Waals surface area contributed by atoms with Gasteiger partial charge in [0.25, 0.3) is 0 Å². The first kappa shape index (κ1) is 13.9. The summed E-state index contributed by atoms with van der Waals surface area (Å²) < 4.78 is 0. The average molecular weight is 260 g/mol. The van der Waals surface area contributed by atoms with Crippen LogP contribution in [0.2, 0.25) is 0 Å². The first-order valence-electron chi connectivity index (χ1n) is 7.20. The van der Waals surface area contributed by atoms with E-state index in [-0.39, 0.29) is 17.9 Å². The van der Waals surface area contributed by atoms with Crippen molar-refractivity contribution in [3.63, 3.8) is 0 Å². The summed E-state index contributed by atoms with van der Waals surface area (Å²) in [5, 5.41) is 3.46. The lowest BCUT2D eigenvalue weighted by molar-refractivity contribution is -0.134. The van der Waals surface area contributed by atoms with E-state index >= 15 is 0 Å². The molecule has 0 fully saturated rings. The molecule has 19 heavy (non-hydrogen) atoms. The van der Waals surface area contributed by atoms with Crippen molar-refractivity contribution >= 4 is 11.6 Å². The summed E-state index contributed by atoms with van der Waals surface area (Å²) in [6.07, 6.45) is 0.874. The Kier molecular flexibility index (Phi) is 4.13. The van der Waals surface area contributed by atoms with Gasteiger partial charge in [0.1, 0.15) is 0 Å². The molecule has 1 aromatic carbocycles. The number of amides is 1. The Labute approximate surface area is 116 Å². The van der Waals surface area contributed by atoms with Crippen LogP contribution in [0.1, 0.15) is 45.6 Å². The molecule has 0 aliphatic carbocycles. The lowest BCUT2D eigenvalue weighted by Gasteiger charge is -2.35. The Bertz CT molecular complexity index is 456. The third-order valence-corrected chi connectivity index (χ3v) is 3.87. The van der Waals surface area contributed by atoms with Crippen LogP contribution in [0.3, 0.4) is 0 Å². The molecule has 2 unspecified atom stereocenters. The predicted molar refractivity (Wildman–Crippen MR) is 79.4 cm³/mol. The molecule has 2 atom stereocenters. The number of nitrogens with zero attached hydrogens (tertiary/aromatic N) is 1. The van der Waals surface area contributed by atoms with E-state index in [2.05, 4.69) is 38.2 Å². The van der Waals surface area contributed by atoms with Gasteiger partial charge >= 0.3 is 0 Å². The smallest absolute Gasteiger partial charge is 0.230 e. The Morgan fingerprint density at radius 3 is 2.74 bits per heavy atom. The van der Waals surface area contributed by atoms with Crippen LogP contribution >= 0.6 is 0 Å². The second-order valence-electron chi connectivity index (χ2n) is 5.64. The highest BCUT2D eigenvalue weighted by Gasteiger charge is 2.32. The summed E-state index contributed by atoms with van der Waals surface area (Å²) >= 11 is 0. The number of para-hydroxylation sites is 1. The minimum Gasteiger partial charge on any atom is -0.382 e. The molecule has 3 heteroatoms. The van der Waals surface area contributed by atoms with Crippen LogP contribution < -0.4 is 5.32 Å². The van der Waals surface area contributed by atoms with Gasteiger partial charge in [-0.15, -0.1) is 0 Å². The molecule has 1 heterocycles. The third kappa shape index (κ3) is 2.75. The van der Waals surface area contributed by atoms with Gasteiger partial charge in [-0.2, -0.15) is 0 Å². The molecule has 1 aliphatic rings. The fraction of sp³-hybridized carbons (Fsp3) is 0.562. The topological polar surface area (TPSA) is 32.3 Å². The summed E-state index contributed by atoms with van der Waals surface area (Å²) in [6, 6.07) is 8.78. The molecule has 0 radical (unpaired) electrons. The summed E-state index contributed by atoms with van der Waals surface area (Å²) in [5.74, 6) is 0.257. The molecule has 1 aromatic rings. The van der Waals surface area contributed by atoms with Gasteiger partial charge in [0.05, 0.1) is 5.92 Å². The van der Waals surface area contributed by atoms with E-state index < -0.39 is 0 Å². The molecule has 3 nitrogen and oxygen atoms in total. The van der Waals surface area contributed by atoms with Crippen LogP contribution in [0.4, 0.5) is 5.69 Å². The van der Waals surface area contributed by atoms with Crippen LogP contribution in [0.15, 0.2) is 24.3 Å². The van der Waals surface area contributed by atoms with Gasteiger partial charge < -0.3 is 10.2 Å². The number of fused-ring (bicyclic) bond motifs is 1. The van der Waals surface area contributed by atoms with E-state index in [0.29, 0.717) is 6.04 Å². The lowest BCUT2D eigenvalue weighted by Crippen LogP contribution is -2.42. The number of nitrogens with one attached hydrogen (secondary N) is 1. The first-order chi connectivity index (χ1) is 9.04. The zero-order valence-corrected chi connectivity index (χ0v) is 12.3. The fourth-order valence-corrected chi connectivity index (χ4v) is 2.95. The zero-order valence-electron chi connectivity index (χ0n) is 12.3. The van der Waals surface area contributed by atoms with Crippen molar-refractivity contribution < 1.29 is 4.79 Å². The van der Waals surface area contributed by atoms with E-state index in [0.717, 1.165) is 24.2 Å². The fourth-order valence-electron chi connectivity index (χ4n) is 2.95. The molecular formula is C16H24N2O. The normalized spacial score (nSPS) is 21.7. The Morgan fingerprint density at radius 2 is 2.11 bits per heavy atom. The molecule has 1 N–H and O–H groups in total. The summed E-state index contributed by atoms with van der Waals surface area (Å²) in [6.45, 7) is 9.13. The number of anilines is 1. The maximum Gasteiger partial charge on any atom is 0.230 e. The molecule has 0 saturated heterocycles. The maximum absolute atomic E-state index is 12.8. The summed E-state index contributed by atoms with van der Waals surface area (Å²) in [4.78, 5) is 14.7. The molecule has 0 spiro atoms. The van der Waals surface area contributed by atoms with Crippen molar-refractivity contribution in [1.82, 2.24) is 4.90 Å². The largest absolute Gasteiger partial charge is 0.382 e. The van der Waals surface area contributed by atoms with Crippen LogP contribution in [0, 0.1) is 0 Å². The number of hydrogen-bond acceptors (Lipinski definition) is 2. The van der Waals surface area contributed by atoms with Crippen molar-refractivity contribution in [2.45, 2.75) is 52.1 Å². The van der Waals surface area contributed by atoms with Gasteiger partial charge in [0, 0.05) is 24.3 Å². The van der Waals surface area contributed by atoms with Crippen LogP contribution in [0.5, 0.6) is 0 Å². The molecule has 104 valence electrons. The zero-order chi connectivity index (χ0) is 14.0. The second kappa shape index (κ2) is 5.64. The van der Waals surface area contributed by atoms with Gasteiger partial charge in [-0.3, -0.25) is 4.79 Å².